The van der Waals surface area contributed by atoms with E-state index in [1.165, 1.54) is 6.08 Å². The first-order valence-corrected chi connectivity index (χ1v) is 5.97. The van der Waals surface area contributed by atoms with Crippen LogP contribution in [0.4, 0.5) is 0 Å². The van der Waals surface area contributed by atoms with Crippen LogP contribution in [0.15, 0.2) is 24.3 Å². The molecule has 1 rings (SSSR count). The average Bonchev–Trinajstić information content (AvgIpc) is 2.37. The lowest BCUT2D eigenvalue weighted by atomic mass is 10.2. The summed E-state index contributed by atoms with van der Waals surface area (Å²) in [5, 5.41) is 20.2. The molecule has 0 aliphatic rings. The summed E-state index contributed by atoms with van der Waals surface area (Å²) in [6.45, 7) is -0.688. The molecule has 19 heavy (non-hydrogen) atoms. The predicted molar refractivity (Wildman–Crippen MR) is 72.1 cm³/mol. The Morgan fingerprint density at radius 1 is 1.37 bits per heavy atom. The number of carboxylic acids is 1. The van der Waals surface area contributed by atoms with E-state index in [0.29, 0.717) is 15.6 Å². The number of hydrogen-bond donors (Lipinski definition) is 3. The summed E-state index contributed by atoms with van der Waals surface area (Å²) in [6, 6.07) is 3.58. The zero-order valence-electron chi connectivity index (χ0n) is 9.64. The Labute approximate surface area is 119 Å². The second kappa shape index (κ2) is 7.13. The van der Waals surface area contributed by atoms with Gasteiger partial charge in [-0.3, -0.25) is 4.79 Å². The van der Waals surface area contributed by atoms with Crippen molar-refractivity contribution in [3.05, 3.63) is 39.9 Å². The van der Waals surface area contributed by atoms with Crippen molar-refractivity contribution in [3.8, 4) is 0 Å². The van der Waals surface area contributed by atoms with E-state index in [0.717, 1.165) is 6.08 Å². The minimum atomic E-state index is -1.34. The normalized spacial score (nSPS) is 12.4. The molecule has 0 aromatic heterocycles. The van der Waals surface area contributed by atoms with Crippen LogP contribution in [0.2, 0.25) is 10.0 Å². The number of hydrogen-bond acceptors (Lipinski definition) is 3. The van der Waals surface area contributed by atoms with Gasteiger partial charge in [0, 0.05) is 6.08 Å². The molecule has 1 aromatic rings. The third-order valence-corrected chi connectivity index (χ3v) is 3.03. The highest BCUT2D eigenvalue weighted by molar-refractivity contribution is 6.42. The van der Waals surface area contributed by atoms with Gasteiger partial charge in [0.25, 0.3) is 0 Å². The summed E-state index contributed by atoms with van der Waals surface area (Å²) in [5.74, 6) is -1.97. The number of rotatable bonds is 5. The lowest BCUT2D eigenvalue weighted by Crippen LogP contribution is -2.42. The van der Waals surface area contributed by atoms with Crippen LogP contribution in [0, 0.1) is 0 Å². The van der Waals surface area contributed by atoms with E-state index in [4.69, 9.17) is 33.4 Å². The smallest absolute Gasteiger partial charge is 0.328 e. The van der Waals surface area contributed by atoms with Gasteiger partial charge in [-0.2, -0.15) is 0 Å². The Morgan fingerprint density at radius 3 is 2.63 bits per heavy atom. The molecule has 0 fully saturated rings. The third kappa shape index (κ3) is 4.55. The molecule has 3 N–H and O–H groups in total. The molecular formula is C12H11Cl2NO4. The molecule has 0 bridgehead atoms. The second-order valence-corrected chi connectivity index (χ2v) is 4.34. The maximum absolute atomic E-state index is 11.4. The van der Waals surface area contributed by atoms with Gasteiger partial charge in [0.2, 0.25) is 5.91 Å². The molecule has 5 nitrogen and oxygen atoms in total. The summed E-state index contributed by atoms with van der Waals surface area (Å²) in [7, 11) is 0. The molecule has 0 radical (unpaired) electrons. The van der Waals surface area contributed by atoms with Gasteiger partial charge in [-0.15, -0.1) is 0 Å². The number of amides is 1. The molecule has 1 atom stereocenters. The first kappa shape index (κ1) is 15.5. The summed E-state index contributed by atoms with van der Waals surface area (Å²) in [4.78, 5) is 22.0. The second-order valence-electron chi connectivity index (χ2n) is 3.56. The molecule has 0 spiro atoms. The van der Waals surface area contributed by atoms with Crippen molar-refractivity contribution in [3.63, 3.8) is 0 Å². The zero-order valence-corrected chi connectivity index (χ0v) is 11.1. The van der Waals surface area contributed by atoms with Crippen molar-refractivity contribution < 1.29 is 19.8 Å². The maximum Gasteiger partial charge on any atom is 0.328 e. The molecule has 1 aromatic carbocycles. The fraction of sp³-hybridized carbons (Fsp3) is 0.167. The number of aliphatic hydroxyl groups excluding tert-OH is 1. The van der Waals surface area contributed by atoms with E-state index >= 15 is 0 Å². The van der Waals surface area contributed by atoms with Crippen LogP contribution in [0.25, 0.3) is 6.08 Å². The van der Waals surface area contributed by atoms with Crippen LogP contribution >= 0.6 is 23.2 Å². The van der Waals surface area contributed by atoms with Crippen molar-refractivity contribution in [2.24, 2.45) is 0 Å². The minimum Gasteiger partial charge on any atom is -0.480 e. The first-order chi connectivity index (χ1) is 8.95. The van der Waals surface area contributed by atoms with Crippen LogP contribution in [0.5, 0.6) is 0 Å². The molecule has 102 valence electrons. The van der Waals surface area contributed by atoms with Gasteiger partial charge in [0.15, 0.2) is 6.04 Å². The van der Waals surface area contributed by atoms with Gasteiger partial charge in [-0.1, -0.05) is 35.3 Å². The number of carbonyl (C=O) groups is 2. The van der Waals surface area contributed by atoms with Gasteiger partial charge in [0.05, 0.1) is 16.7 Å². The van der Waals surface area contributed by atoms with Crippen molar-refractivity contribution in [1.82, 2.24) is 5.32 Å². The number of carboxylic acid groups (broad SMARTS) is 1. The largest absolute Gasteiger partial charge is 0.480 e. The topological polar surface area (TPSA) is 86.6 Å². The third-order valence-electron chi connectivity index (χ3n) is 2.19. The first-order valence-electron chi connectivity index (χ1n) is 5.22. The van der Waals surface area contributed by atoms with Crippen LogP contribution in [-0.2, 0) is 9.59 Å². The Hall–Kier alpha value is -1.56. The monoisotopic (exact) mass is 303 g/mol. The number of nitrogens with one attached hydrogen (secondary N) is 1. The van der Waals surface area contributed by atoms with Crippen molar-refractivity contribution >= 4 is 41.2 Å². The van der Waals surface area contributed by atoms with Crippen molar-refractivity contribution in [2.75, 3.05) is 6.61 Å². The van der Waals surface area contributed by atoms with E-state index in [2.05, 4.69) is 5.32 Å². The van der Waals surface area contributed by atoms with Gasteiger partial charge in [-0.25, -0.2) is 4.79 Å². The van der Waals surface area contributed by atoms with E-state index < -0.39 is 24.5 Å². The molecule has 0 unspecified atom stereocenters. The van der Waals surface area contributed by atoms with E-state index in [1.807, 2.05) is 0 Å². The van der Waals surface area contributed by atoms with Gasteiger partial charge in [-0.05, 0) is 17.7 Å². The molecule has 0 heterocycles. The number of carbonyl (C=O) groups excluding carboxylic acids is 1. The number of aliphatic hydroxyl groups is 1. The highest BCUT2D eigenvalue weighted by Gasteiger charge is 2.17. The summed E-state index contributed by atoms with van der Waals surface area (Å²) < 4.78 is 0. The van der Waals surface area contributed by atoms with Gasteiger partial charge < -0.3 is 15.5 Å². The molecular weight excluding hydrogens is 293 g/mol. The van der Waals surface area contributed by atoms with Crippen molar-refractivity contribution in [2.45, 2.75) is 6.04 Å². The Balaban J connectivity index is 2.73. The van der Waals surface area contributed by atoms with E-state index in [-0.39, 0.29) is 0 Å². The fourth-order valence-electron chi connectivity index (χ4n) is 1.22. The Bertz CT molecular complexity index is 516. The number of aliphatic carboxylic acids is 1. The summed E-state index contributed by atoms with van der Waals surface area (Å²) in [6.07, 6.45) is 2.52. The quantitative estimate of drug-likeness (QED) is 0.721. The maximum atomic E-state index is 11.4. The number of benzene rings is 1. The SMILES string of the molecule is O=C(/C=C/c1cccc(Cl)c1Cl)N[C@H](CO)C(=O)O. The average molecular weight is 304 g/mol. The lowest BCUT2D eigenvalue weighted by molar-refractivity contribution is -0.142. The zero-order chi connectivity index (χ0) is 14.4. The standard InChI is InChI=1S/C12H11Cl2NO4/c13-8-3-1-2-7(11(8)14)4-5-10(17)15-9(6-16)12(18)19/h1-5,9,16H,6H2,(H,15,17)(H,18,19)/b5-4+/t9-/m1/s1. The predicted octanol–water partition coefficient (Wildman–Crippen LogP) is 1.57. The van der Waals surface area contributed by atoms with E-state index in [1.54, 1.807) is 18.2 Å². The Kier molecular flexibility index (Phi) is 5.82. The van der Waals surface area contributed by atoms with E-state index in [9.17, 15) is 9.59 Å². The molecule has 0 aliphatic heterocycles. The van der Waals surface area contributed by atoms with Crippen LogP contribution in [0.1, 0.15) is 5.56 Å². The lowest BCUT2D eigenvalue weighted by Gasteiger charge is -2.09. The van der Waals surface area contributed by atoms with Crippen LogP contribution in [-0.4, -0.2) is 34.7 Å². The summed E-state index contributed by atoms with van der Waals surface area (Å²) in [5.41, 5.74) is 0.528. The van der Waals surface area contributed by atoms with Gasteiger partial charge >= 0.3 is 5.97 Å². The van der Waals surface area contributed by atoms with Crippen LogP contribution in [0.3, 0.4) is 0 Å². The highest BCUT2D eigenvalue weighted by Crippen LogP contribution is 2.26. The van der Waals surface area contributed by atoms with Crippen molar-refractivity contribution in [1.29, 1.82) is 0 Å². The minimum absolute atomic E-state index is 0.296. The fourth-order valence-corrected chi connectivity index (χ4v) is 1.59. The molecule has 0 saturated carbocycles. The Morgan fingerprint density at radius 2 is 2.05 bits per heavy atom. The molecule has 1 amide bonds. The molecule has 0 aliphatic carbocycles. The summed E-state index contributed by atoms with van der Waals surface area (Å²) >= 11 is 11.7. The van der Waals surface area contributed by atoms with Gasteiger partial charge in [0.1, 0.15) is 0 Å². The molecule has 0 saturated heterocycles. The highest BCUT2D eigenvalue weighted by atomic mass is 35.5. The van der Waals surface area contributed by atoms with Crippen LogP contribution < -0.4 is 5.32 Å². The number of halogens is 2. The molecule has 7 heteroatoms.